The third-order valence-electron chi connectivity index (χ3n) is 2.85. The van der Waals surface area contributed by atoms with Gasteiger partial charge in [0.15, 0.2) is 0 Å². The lowest BCUT2D eigenvalue weighted by atomic mass is 9.93. The molecule has 0 fully saturated rings. The molecule has 0 bridgehead atoms. The molecule has 0 saturated heterocycles. The second-order valence-electron chi connectivity index (χ2n) is 4.01. The summed E-state index contributed by atoms with van der Waals surface area (Å²) in [4.78, 5) is 11.1. The predicted octanol–water partition coefficient (Wildman–Crippen LogP) is 3.22. The average molecular weight is 257 g/mol. The van der Waals surface area contributed by atoms with Crippen LogP contribution < -0.4 is 0 Å². The van der Waals surface area contributed by atoms with Gasteiger partial charge in [-0.1, -0.05) is 6.07 Å². The molecule has 1 aromatic heterocycles. The summed E-state index contributed by atoms with van der Waals surface area (Å²) >= 11 is 1.59. The highest BCUT2D eigenvalue weighted by Crippen LogP contribution is 2.22. The maximum atomic E-state index is 11.1. The Bertz CT molecular complexity index is 624. The summed E-state index contributed by atoms with van der Waals surface area (Å²) < 4.78 is 0. The van der Waals surface area contributed by atoms with Crippen LogP contribution in [0.5, 0.6) is 0 Å². The number of carboxylic acid groups (broad SMARTS) is 1. The van der Waals surface area contributed by atoms with Crippen LogP contribution in [0.25, 0.3) is 0 Å². The quantitative estimate of drug-likeness (QED) is 0.918. The average Bonchev–Trinajstić information content (AvgIpc) is 2.84. The molecule has 1 heterocycles. The van der Waals surface area contributed by atoms with Crippen molar-refractivity contribution in [3.8, 4) is 6.07 Å². The van der Waals surface area contributed by atoms with Crippen molar-refractivity contribution in [1.82, 2.24) is 0 Å². The maximum absolute atomic E-state index is 11.1. The van der Waals surface area contributed by atoms with E-state index >= 15 is 0 Å². The summed E-state index contributed by atoms with van der Waals surface area (Å²) in [6, 6.07) is 7.26. The zero-order chi connectivity index (χ0) is 13.1. The molecule has 0 aliphatic heterocycles. The van der Waals surface area contributed by atoms with Crippen LogP contribution in [-0.2, 0) is 6.42 Å². The highest BCUT2D eigenvalue weighted by Gasteiger charge is 2.16. The second-order valence-corrected chi connectivity index (χ2v) is 4.79. The van der Waals surface area contributed by atoms with Gasteiger partial charge in [-0.2, -0.15) is 16.6 Å². The number of rotatable bonds is 3. The molecule has 4 heteroatoms. The molecule has 1 N–H and O–H groups in total. The van der Waals surface area contributed by atoms with Crippen LogP contribution >= 0.6 is 11.3 Å². The van der Waals surface area contributed by atoms with Gasteiger partial charge in [0.25, 0.3) is 0 Å². The minimum absolute atomic E-state index is 0.0772. The predicted molar refractivity (Wildman–Crippen MR) is 70.0 cm³/mol. The van der Waals surface area contributed by atoms with E-state index in [0.29, 0.717) is 6.42 Å². The molecule has 1 aromatic carbocycles. The van der Waals surface area contributed by atoms with Crippen molar-refractivity contribution < 1.29 is 9.90 Å². The number of thiophene rings is 1. The molecule has 2 aromatic rings. The fourth-order valence-corrected chi connectivity index (χ4v) is 2.55. The van der Waals surface area contributed by atoms with Gasteiger partial charge in [0.2, 0.25) is 0 Å². The lowest BCUT2D eigenvalue weighted by Crippen LogP contribution is -2.05. The van der Waals surface area contributed by atoms with E-state index in [0.717, 1.165) is 16.7 Å². The molecular formula is C14H11NO2S. The van der Waals surface area contributed by atoms with Crippen LogP contribution in [0.1, 0.15) is 32.6 Å². The van der Waals surface area contributed by atoms with Crippen molar-refractivity contribution in [2.75, 3.05) is 0 Å². The van der Waals surface area contributed by atoms with Crippen molar-refractivity contribution >= 4 is 17.3 Å². The Kier molecular flexibility index (Phi) is 3.45. The van der Waals surface area contributed by atoms with Gasteiger partial charge in [-0.15, -0.1) is 0 Å². The molecule has 2 rings (SSSR count). The molecule has 3 nitrogen and oxygen atoms in total. The van der Waals surface area contributed by atoms with Gasteiger partial charge in [-0.3, -0.25) is 0 Å². The van der Waals surface area contributed by atoms with Crippen molar-refractivity contribution in [2.24, 2.45) is 0 Å². The van der Waals surface area contributed by atoms with Crippen molar-refractivity contribution in [1.29, 1.82) is 5.26 Å². The third-order valence-corrected chi connectivity index (χ3v) is 3.58. The standard InChI is InChI=1S/C14H11NO2S/c1-9-2-3-11(14(16)17)13(7-15)12(9)6-10-4-5-18-8-10/h2-5,8H,6H2,1H3,(H,16,17). The van der Waals surface area contributed by atoms with E-state index in [2.05, 4.69) is 0 Å². The van der Waals surface area contributed by atoms with E-state index in [1.807, 2.05) is 29.8 Å². The summed E-state index contributed by atoms with van der Waals surface area (Å²) in [7, 11) is 0. The number of benzene rings is 1. The van der Waals surface area contributed by atoms with Crippen LogP contribution in [-0.4, -0.2) is 11.1 Å². The zero-order valence-corrected chi connectivity index (χ0v) is 10.6. The van der Waals surface area contributed by atoms with Crippen LogP contribution in [0.15, 0.2) is 29.0 Å². The van der Waals surface area contributed by atoms with E-state index in [1.54, 1.807) is 17.4 Å². The number of nitriles is 1. The van der Waals surface area contributed by atoms with Crippen LogP contribution in [0.3, 0.4) is 0 Å². The highest BCUT2D eigenvalue weighted by molar-refractivity contribution is 7.07. The number of carboxylic acids is 1. The number of hydrogen-bond donors (Lipinski definition) is 1. The van der Waals surface area contributed by atoms with Crippen LogP contribution in [0, 0.1) is 18.3 Å². The topological polar surface area (TPSA) is 61.1 Å². The monoisotopic (exact) mass is 257 g/mol. The van der Waals surface area contributed by atoms with Gasteiger partial charge in [0.05, 0.1) is 11.1 Å². The SMILES string of the molecule is Cc1ccc(C(=O)O)c(C#N)c1Cc1ccsc1. The summed E-state index contributed by atoms with van der Waals surface area (Å²) in [5.41, 5.74) is 3.20. The molecule has 0 radical (unpaired) electrons. The zero-order valence-electron chi connectivity index (χ0n) is 9.80. The molecule has 0 unspecified atom stereocenters. The van der Waals surface area contributed by atoms with Crippen molar-refractivity contribution in [3.05, 3.63) is 56.8 Å². The Morgan fingerprint density at radius 3 is 2.78 bits per heavy atom. The van der Waals surface area contributed by atoms with Crippen LogP contribution in [0.4, 0.5) is 0 Å². The number of carbonyl (C=O) groups is 1. The molecule has 0 saturated carbocycles. The Morgan fingerprint density at radius 2 is 2.22 bits per heavy atom. The largest absolute Gasteiger partial charge is 0.478 e. The summed E-state index contributed by atoms with van der Waals surface area (Å²) in [5, 5.41) is 22.3. The smallest absolute Gasteiger partial charge is 0.337 e. The summed E-state index contributed by atoms with van der Waals surface area (Å²) in [5.74, 6) is -1.06. The minimum atomic E-state index is -1.06. The first-order valence-electron chi connectivity index (χ1n) is 5.40. The van der Waals surface area contributed by atoms with Gasteiger partial charge >= 0.3 is 5.97 Å². The summed E-state index contributed by atoms with van der Waals surface area (Å²) in [6.45, 7) is 1.90. The van der Waals surface area contributed by atoms with E-state index in [1.165, 1.54) is 6.07 Å². The van der Waals surface area contributed by atoms with Gasteiger partial charge in [-0.25, -0.2) is 4.79 Å². The molecule has 0 aliphatic rings. The van der Waals surface area contributed by atoms with E-state index in [9.17, 15) is 10.1 Å². The summed E-state index contributed by atoms with van der Waals surface area (Å²) in [6.07, 6.45) is 0.597. The number of hydrogen-bond acceptors (Lipinski definition) is 3. The van der Waals surface area contributed by atoms with Gasteiger partial charge in [-0.05, 0) is 52.9 Å². The first kappa shape index (κ1) is 12.3. The van der Waals surface area contributed by atoms with Crippen LogP contribution in [0.2, 0.25) is 0 Å². The number of nitrogens with zero attached hydrogens (tertiary/aromatic N) is 1. The second kappa shape index (κ2) is 5.03. The Morgan fingerprint density at radius 1 is 1.44 bits per heavy atom. The molecule has 0 spiro atoms. The first-order chi connectivity index (χ1) is 8.63. The third kappa shape index (κ3) is 2.27. The van der Waals surface area contributed by atoms with Gasteiger partial charge < -0.3 is 5.11 Å². The number of aromatic carboxylic acids is 1. The van der Waals surface area contributed by atoms with E-state index in [4.69, 9.17) is 5.11 Å². The van der Waals surface area contributed by atoms with Crippen molar-refractivity contribution in [3.63, 3.8) is 0 Å². The van der Waals surface area contributed by atoms with Gasteiger partial charge in [0.1, 0.15) is 6.07 Å². The lowest BCUT2D eigenvalue weighted by Gasteiger charge is -2.09. The number of aryl methyl sites for hydroxylation is 1. The molecule has 0 amide bonds. The molecule has 0 aliphatic carbocycles. The molecule has 18 heavy (non-hydrogen) atoms. The minimum Gasteiger partial charge on any atom is -0.478 e. The first-order valence-corrected chi connectivity index (χ1v) is 6.34. The van der Waals surface area contributed by atoms with E-state index in [-0.39, 0.29) is 11.1 Å². The Balaban J connectivity index is 2.55. The maximum Gasteiger partial charge on any atom is 0.337 e. The fourth-order valence-electron chi connectivity index (χ4n) is 1.88. The highest BCUT2D eigenvalue weighted by atomic mass is 32.1. The van der Waals surface area contributed by atoms with E-state index < -0.39 is 5.97 Å². The molecule has 90 valence electrons. The fraction of sp³-hybridized carbons (Fsp3) is 0.143. The van der Waals surface area contributed by atoms with Gasteiger partial charge in [0, 0.05) is 0 Å². The Hall–Kier alpha value is -2.12. The van der Waals surface area contributed by atoms with Crippen molar-refractivity contribution in [2.45, 2.75) is 13.3 Å². The normalized spacial score (nSPS) is 10.0. The molecular weight excluding hydrogens is 246 g/mol. The molecule has 0 atom stereocenters. The lowest BCUT2D eigenvalue weighted by molar-refractivity contribution is 0.0696. The Labute approximate surface area is 109 Å².